The third-order valence-corrected chi connectivity index (χ3v) is 6.86. The topological polar surface area (TPSA) is 143 Å². The summed E-state index contributed by atoms with van der Waals surface area (Å²) in [6.45, 7) is 5.12. The SMILES string of the molecule is C\C=C/C=C(\C(=C/C)Cc1ccc(NC(=O)C(O)C(C)(OC)c2cccc(C=N)c2)cc1)S(N)(=O)=O. The molecule has 0 spiro atoms. The van der Waals surface area contributed by atoms with Crippen LogP contribution < -0.4 is 10.5 Å². The van der Waals surface area contributed by atoms with Gasteiger partial charge < -0.3 is 20.6 Å². The highest BCUT2D eigenvalue weighted by Crippen LogP contribution is 2.30. The summed E-state index contributed by atoms with van der Waals surface area (Å²) in [5.74, 6) is -0.660. The van der Waals surface area contributed by atoms with E-state index in [-0.39, 0.29) is 4.91 Å². The van der Waals surface area contributed by atoms with Gasteiger partial charge in [-0.15, -0.1) is 0 Å². The average molecular weight is 512 g/mol. The van der Waals surface area contributed by atoms with Crippen LogP contribution in [0.2, 0.25) is 0 Å². The van der Waals surface area contributed by atoms with Crippen LogP contribution >= 0.6 is 0 Å². The summed E-state index contributed by atoms with van der Waals surface area (Å²) in [6, 6.07) is 13.7. The Hall–Kier alpha value is -3.37. The summed E-state index contributed by atoms with van der Waals surface area (Å²) in [7, 11) is -2.51. The zero-order valence-electron chi connectivity index (χ0n) is 20.9. The fourth-order valence-electron chi connectivity index (χ4n) is 3.61. The summed E-state index contributed by atoms with van der Waals surface area (Å²) < 4.78 is 29.6. The molecule has 2 rings (SSSR count). The molecular weight excluding hydrogens is 478 g/mol. The Labute approximate surface area is 212 Å². The summed E-state index contributed by atoms with van der Waals surface area (Å²) in [5, 5.41) is 26.4. The van der Waals surface area contributed by atoms with Crippen LogP contribution in [0.1, 0.15) is 37.5 Å². The Morgan fingerprint density at radius 2 is 1.89 bits per heavy atom. The van der Waals surface area contributed by atoms with Gasteiger partial charge in [-0.05, 0) is 73.7 Å². The third kappa shape index (κ3) is 7.08. The number of aliphatic hydroxyl groups is 1. The van der Waals surface area contributed by atoms with Gasteiger partial charge in [-0.2, -0.15) is 0 Å². The molecular formula is C27H33N3O5S. The molecule has 0 aliphatic heterocycles. The Balaban J connectivity index is 2.20. The lowest BCUT2D eigenvalue weighted by Crippen LogP contribution is -2.46. The maximum atomic E-state index is 12.9. The van der Waals surface area contributed by atoms with Crippen LogP contribution in [0.3, 0.4) is 0 Å². The average Bonchev–Trinajstić information content (AvgIpc) is 2.87. The molecule has 2 aromatic rings. The number of carbonyl (C=O) groups is 1. The van der Waals surface area contributed by atoms with Crippen molar-refractivity contribution in [1.29, 1.82) is 5.41 Å². The molecule has 0 bridgehead atoms. The first-order valence-corrected chi connectivity index (χ1v) is 12.8. The monoisotopic (exact) mass is 511 g/mol. The van der Waals surface area contributed by atoms with Crippen LogP contribution in [0, 0.1) is 5.41 Å². The highest BCUT2D eigenvalue weighted by atomic mass is 32.2. The number of benzene rings is 2. The van der Waals surface area contributed by atoms with Crippen molar-refractivity contribution >= 4 is 27.8 Å². The van der Waals surface area contributed by atoms with Crippen LogP contribution in [-0.4, -0.2) is 38.9 Å². The molecule has 8 nitrogen and oxygen atoms in total. The number of nitrogens with two attached hydrogens (primary N) is 1. The van der Waals surface area contributed by atoms with Crippen molar-refractivity contribution in [1.82, 2.24) is 0 Å². The summed E-state index contributed by atoms with van der Waals surface area (Å²) in [5.41, 5.74) is 1.64. The second kappa shape index (κ2) is 12.5. The zero-order valence-corrected chi connectivity index (χ0v) is 21.7. The minimum atomic E-state index is -3.91. The molecule has 0 aliphatic carbocycles. The number of allylic oxidation sites excluding steroid dienone is 5. The van der Waals surface area contributed by atoms with E-state index >= 15 is 0 Å². The number of anilines is 1. The first-order valence-electron chi connectivity index (χ1n) is 11.3. The van der Waals surface area contributed by atoms with Gasteiger partial charge in [0, 0.05) is 19.0 Å². The van der Waals surface area contributed by atoms with Crippen molar-refractivity contribution in [3.05, 3.63) is 100 Å². The van der Waals surface area contributed by atoms with Crippen LogP contribution in [0.4, 0.5) is 5.69 Å². The maximum Gasteiger partial charge on any atom is 0.256 e. The molecule has 2 aromatic carbocycles. The van der Waals surface area contributed by atoms with Crippen molar-refractivity contribution in [3.8, 4) is 0 Å². The molecule has 36 heavy (non-hydrogen) atoms. The summed E-state index contributed by atoms with van der Waals surface area (Å²) >= 11 is 0. The zero-order chi connectivity index (χ0) is 26.9. The largest absolute Gasteiger partial charge is 0.380 e. The molecule has 2 unspecified atom stereocenters. The Morgan fingerprint density at radius 3 is 2.42 bits per heavy atom. The van der Waals surface area contributed by atoms with E-state index in [9.17, 15) is 18.3 Å². The Bertz CT molecular complexity index is 1280. The molecule has 0 aliphatic rings. The van der Waals surface area contributed by atoms with Crippen LogP contribution in [0.15, 0.2) is 83.3 Å². The van der Waals surface area contributed by atoms with E-state index in [1.807, 2.05) is 0 Å². The second-order valence-electron chi connectivity index (χ2n) is 8.26. The minimum Gasteiger partial charge on any atom is -0.380 e. The van der Waals surface area contributed by atoms with E-state index in [1.54, 1.807) is 87.5 Å². The number of primary sulfonamides is 1. The lowest BCUT2D eigenvalue weighted by molar-refractivity contribution is -0.144. The van der Waals surface area contributed by atoms with Crippen molar-refractivity contribution in [2.45, 2.75) is 38.9 Å². The number of rotatable bonds is 11. The van der Waals surface area contributed by atoms with Crippen molar-refractivity contribution in [3.63, 3.8) is 0 Å². The van der Waals surface area contributed by atoms with Crippen molar-refractivity contribution in [2.75, 3.05) is 12.4 Å². The van der Waals surface area contributed by atoms with Gasteiger partial charge >= 0.3 is 0 Å². The Kier molecular flexibility index (Phi) is 10.1. The van der Waals surface area contributed by atoms with Gasteiger partial charge in [0.15, 0.2) is 6.10 Å². The first-order chi connectivity index (χ1) is 17.0. The molecule has 0 saturated carbocycles. The molecule has 0 aromatic heterocycles. The molecule has 1 amide bonds. The number of methoxy groups -OCH3 is 1. The van der Waals surface area contributed by atoms with E-state index < -0.39 is 27.6 Å². The molecule has 5 N–H and O–H groups in total. The summed E-state index contributed by atoms with van der Waals surface area (Å²) in [6.07, 6.45) is 6.45. The normalized spacial score (nSPS) is 15.4. The number of nitrogens with one attached hydrogen (secondary N) is 2. The van der Waals surface area contributed by atoms with Crippen molar-refractivity contribution < 1.29 is 23.1 Å². The lowest BCUT2D eigenvalue weighted by Gasteiger charge is -2.33. The summed E-state index contributed by atoms with van der Waals surface area (Å²) in [4.78, 5) is 12.9. The molecule has 9 heteroatoms. The van der Waals surface area contributed by atoms with Gasteiger partial charge in [0.2, 0.25) is 10.0 Å². The predicted molar refractivity (Wildman–Crippen MR) is 143 cm³/mol. The molecule has 0 fully saturated rings. The Morgan fingerprint density at radius 1 is 1.22 bits per heavy atom. The number of carbonyl (C=O) groups excluding carboxylic acids is 1. The number of aliphatic hydroxyl groups excluding tert-OH is 1. The molecule has 0 saturated heterocycles. The molecule has 0 heterocycles. The first kappa shape index (κ1) is 28.9. The number of sulfonamides is 1. The third-order valence-electron chi connectivity index (χ3n) is 5.85. The fraction of sp³-hybridized carbons (Fsp3) is 0.259. The molecule has 192 valence electrons. The molecule has 2 atom stereocenters. The maximum absolute atomic E-state index is 12.9. The van der Waals surface area contributed by atoms with Gasteiger partial charge in [0.1, 0.15) is 5.60 Å². The fourth-order valence-corrected chi connectivity index (χ4v) is 4.43. The van der Waals surface area contributed by atoms with E-state index in [2.05, 4.69) is 5.32 Å². The van der Waals surface area contributed by atoms with E-state index in [4.69, 9.17) is 15.3 Å². The lowest BCUT2D eigenvalue weighted by atomic mass is 9.88. The van der Waals surface area contributed by atoms with Gasteiger partial charge in [0.25, 0.3) is 5.91 Å². The van der Waals surface area contributed by atoms with Gasteiger partial charge in [-0.25, -0.2) is 13.6 Å². The highest BCUT2D eigenvalue weighted by molar-refractivity contribution is 7.93. The van der Waals surface area contributed by atoms with Gasteiger partial charge in [-0.1, -0.05) is 48.6 Å². The smallest absolute Gasteiger partial charge is 0.256 e. The number of amides is 1. The van der Waals surface area contributed by atoms with Crippen molar-refractivity contribution in [2.24, 2.45) is 5.14 Å². The van der Waals surface area contributed by atoms with E-state index in [1.165, 1.54) is 19.4 Å². The van der Waals surface area contributed by atoms with E-state index in [0.29, 0.717) is 28.8 Å². The predicted octanol–water partition coefficient (Wildman–Crippen LogP) is 3.78. The number of hydrogen-bond acceptors (Lipinski definition) is 6. The molecule has 0 radical (unpaired) electrons. The van der Waals surface area contributed by atoms with Crippen LogP contribution in [0.25, 0.3) is 0 Å². The number of ether oxygens (including phenoxy) is 1. The van der Waals surface area contributed by atoms with Crippen LogP contribution in [-0.2, 0) is 31.6 Å². The van der Waals surface area contributed by atoms with Gasteiger partial charge in [-0.3, -0.25) is 4.79 Å². The minimum absolute atomic E-state index is 0.0366. The quantitative estimate of drug-likeness (QED) is 0.268. The van der Waals surface area contributed by atoms with Gasteiger partial charge in [0.05, 0.1) is 4.91 Å². The highest BCUT2D eigenvalue weighted by Gasteiger charge is 2.40. The standard InChI is InChI=1S/C27H33N3O5S/c1-5-7-11-24(36(29,33)34)21(6-2)16-19-12-14-23(15-13-19)30-26(32)25(31)27(3,35-4)22-10-8-9-20(17-22)18-28/h5-15,17-18,25,28,31H,16H2,1-4H3,(H,30,32)(H2,29,33,34)/b7-5-,21-6-,24-11+,28-18?. The van der Waals surface area contributed by atoms with E-state index in [0.717, 1.165) is 5.56 Å². The number of hydrogen-bond donors (Lipinski definition) is 4. The van der Waals surface area contributed by atoms with Crippen LogP contribution in [0.5, 0.6) is 0 Å². The second-order valence-corrected chi connectivity index (χ2v) is 9.79.